The van der Waals surface area contributed by atoms with Gasteiger partial charge in [-0.2, -0.15) is 0 Å². The van der Waals surface area contributed by atoms with E-state index in [1.165, 1.54) is 7.11 Å². The van der Waals surface area contributed by atoms with Crippen molar-refractivity contribution in [1.29, 1.82) is 0 Å². The molecule has 0 aromatic carbocycles. The van der Waals surface area contributed by atoms with E-state index in [2.05, 4.69) is 0 Å². The van der Waals surface area contributed by atoms with Crippen LogP contribution in [0.4, 0.5) is 0 Å². The molecule has 2 aliphatic rings. The summed E-state index contributed by atoms with van der Waals surface area (Å²) in [4.78, 5) is 84.0. The Labute approximate surface area is 258 Å². The van der Waals surface area contributed by atoms with E-state index in [-0.39, 0.29) is 0 Å². The van der Waals surface area contributed by atoms with E-state index in [1.807, 2.05) is 0 Å². The summed E-state index contributed by atoms with van der Waals surface area (Å²) >= 11 is 0. The monoisotopic (exact) mass is 650 g/mol. The van der Waals surface area contributed by atoms with Crippen LogP contribution >= 0.6 is 0 Å². The Balaban J connectivity index is 2.69. The van der Waals surface area contributed by atoms with Crippen molar-refractivity contribution < 1.29 is 85.7 Å². The van der Waals surface area contributed by atoms with Gasteiger partial charge in [0.15, 0.2) is 43.1 Å². The third kappa shape index (κ3) is 11.2. The number of rotatable bonds is 12. The van der Waals surface area contributed by atoms with Gasteiger partial charge in [0.25, 0.3) is 0 Å². The summed E-state index contributed by atoms with van der Waals surface area (Å²) in [6.07, 6.45) is -15.0. The zero-order valence-electron chi connectivity index (χ0n) is 26.0. The summed E-state index contributed by atoms with van der Waals surface area (Å²) in [6, 6.07) is 0. The van der Waals surface area contributed by atoms with Gasteiger partial charge in [-0.05, 0) is 0 Å². The van der Waals surface area contributed by atoms with Gasteiger partial charge in [-0.3, -0.25) is 33.6 Å². The Morgan fingerprint density at radius 3 is 1.18 bits per heavy atom. The highest BCUT2D eigenvalue weighted by atomic mass is 16.8. The highest BCUT2D eigenvalue weighted by molar-refractivity contribution is 5.69. The Morgan fingerprint density at radius 1 is 0.444 bits per heavy atom. The summed E-state index contributed by atoms with van der Waals surface area (Å²) in [7, 11) is 1.22. The number of ether oxygens (including phenoxy) is 11. The van der Waals surface area contributed by atoms with Gasteiger partial charge in [0.2, 0.25) is 0 Å². The maximum Gasteiger partial charge on any atom is 0.303 e. The van der Waals surface area contributed by atoms with E-state index in [1.54, 1.807) is 0 Å². The van der Waals surface area contributed by atoms with Crippen LogP contribution in [-0.4, -0.2) is 124 Å². The number of carbonyl (C=O) groups is 7. The molecule has 2 fully saturated rings. The fourth-order valence-corrected chi connectivity index (χ4v) is 4.66. The normalized spacial score (nSPS) is 31.0. The third-order valence-corrected chi connectivity index (χ3v) is 6.12. The van der Waals surface area contributed by atoms with Gasteiger partial charge in [-0.25, -0.2) is 0 Å². The lowest BCUT2D eigenvalue weighted by Crippen LogP contribution is -2.67. The van der Waals surface area contributed by atoms with Crippen LogP contribution in [-0.2, 0) is 85.7 Å². The summed E-state index contributed by atoms with van der Waals surface area (Å²) in [6.45, 7) is 6.44. The Morgan fingerprint density at radius 2 is 0.778 bits per heavy atom. The molecule has 0 radical (unpaired) electrons. The predicted molar refractivity (Wildman–Crippen MR) is 140 cm³/mol. The molecule has 2 rings (SSSR count). The molecule has 254 valence electrons. The van der Waals surface area contributed by atoms with E-state index in [0.29, 0.717) is 0 Å². The second-order valence-corrected chi connectivity index (χ2v) is 9.90. The molecule has 2 heterocycles. The van der Waals surface area contributed by atoms with Crippen molar-refractivity contribution in [3.05, 3.63) is 0 Å². The van der Waals surface area contributed by atoms with Gasteiger partial charge in [0, 0.05) is 55.6 Å². The van der Waals surface area contributed by atoms with Crippen LogP contribution in [0.1, 0.15) is 48.5 Å². The summed E-state index contributed by atoms with van der Waals surface area (Å²) < 4.78 is 60.6. The van der Waals surface area contributed by atoms with Crippen LogP contribution in [0.3, 0.4) is 0 Å². The molecule has 18 heteroatoms. The molecule has 0 bridgehead atoms. The van der Waals surface area contributed by atoms with E-state index < -0.39 is 116 Å². The second-order valence-electron chi connectivity index (χ2n) is 9.90. The summed E-state index contributed by atoms with van der Waals surface area (Å²) in [5, 5.41) is 0. The molecular weight excluding hydrogens is 612 g/mol. The first-order chi connectivity index (χ1) is 21.0. The van der Waals surface area contributed by atoms with E-state index in [9.17, 15) is 33.6 Å². The van der Waals surface area contributed by atoms with Crippen molar-refractivity contribution >= 4 is 41.8 Å². The molecule has 0 spiro atoms. The minimum Gasteiger partial charge on any atom is -0.463 e. The molecule has 45 heavy (non-hydrogen) atoms. The zero-order chi connectivity index (χ0) is 34.0. The lowest BCUT2D eigenvalue weighted by atomic mass is 9.96. The largest absolute Gasteiger partial charge is 0.463 e. The molecule has 0 unspecified atom stereocenters. The second kappa shape index (κ2) is 17.0. The average Bonchev–Trinajstić information content (AvgIpc) is 2.90. The number of hydrogen-bond donors (Lipinski definition) is 0. The van der Waals surface area contributed by atoms with Crippen LogP contribution in [0.25, 0.3) is 0 Å². The van der Waals surface area contributed by atoms with E-state index in [4.69, 9.17) is 52.1 Å². The van der Waals surface area contributed by atoms with Gasteiger partial charge >= 0.3 is 41.8 Å². The van der Waals surface area contributed by atoms with Crippen LogP contribution < -0.4 is 0 Å². The topological polar surface area (TPSA) is 221 Å². The Bertz CT molecular complexity index is 1110. The molecule has 0 aromatic heterocycles. The molecule has 0 aliphatic carbocycles. The van der Waals surface area contributed by atoms with Crippen molar-refractivity contribution in [1.82, 2.24) is 0 Å². The van der Waals surface area contributed by atoms with Gasteiger partial charge in [-0.15, -0.1) is 0 Å². The molecule has 0 aromatic rings. The van der Waals surface area contributed by atoms with Crippen molar-refractivity contribution in [2.45, 2.75) is 110 Å². The maximum absolute atomic E-state index is 12.2. The fraction of sp³-hybridized carbons (Fsp3) is 0.741. The van der Waals surface area contributed by atoms with Crippen LogP contribution in [0.2, 0.25) is 0 Å². The van der Waals surface area contributed by atoms with Crippen LogP contribution in [0.15, 0.2) is 0 Å². The van der Waals surface area contributed by atoms with Gasteiger partial charge in [-0.1, -0.05) is 0 Å². The highest BCUT2D eigenvalue weighted by Crippen LogP contribution is 2.35. The van der Waals surface area contributed by atoms with Crippen LogP contribution in [0.5, 0.6) is 0 Å². The quantitative estimate of drug-likeness (QED) is 0.187. The minimum absolute atomic E-state index is 0.504. The van der Waals surface area contributed by atoms with E-state index >= 15 is 0 Å². The first kappa shape index (κ1) is 37.3. The molecule has 0 saturated carbocycles. The summed E-state index contributed by atoms with van der Waals surface area (Å²) in [5.74, 6) is -5.76. The van der Waals surface area contributed by atoms with Gasteiger partial charge in [0.05, 0.1) is 0 Å². The first-order valence-electron chi connectivity index (χ1n) is 13.7. The smallest absolute Gasteiger partial charge is 0.303 e. The summed E-state index contributed by atoms with van der Waals surface area (Å²) in [5.41, 5.74) is 0. The molecule has 10 atom stereocenters. The molecule has 0 amide bonds. The molecule has 0 N–H and O–H groups in total. The molecular formula is C27H38O18. The SMILES string of the molecule is CO[C@@H]1O[C@H](COC(C)=O)[C@@H](O[C@@H]2O[C@H](COC(C)=O)[C@@H](OC(C)=O)[C@H](OC(C)=O)[C@H]2OC(C)=O)[C@H](OC(C)=O)[C@H]1OC(C)=O. The Hall–Kier alpha value is -3.87. The number of esters is 7. The van der Waals surface area contributed by atoms with Gasteiger partial charge < -0.3 is 52.1 Å². The first-order valence-corrected chi connectivity index (χ1v) is 13.7. The number of hydrogen-bond acceptors (Lipinski definition) is 18. The van der Waals surface area contributed by atoms with E-state index in [0.717, 1.165) is 48.5 Å². The van der Waals surface area contributed by atoms with Crippen molar-refractivity contribution in [2.24, 2.45) is 0 Å². The number of carbonyl (C=O) groups excluding carboxylic acids is 7. The van der Waals surface area contributed by atoms with Crippen molar-refractivity contribution in [2.75, 3.05) is 20.3 Å². The fourth-order valence-electron chi connectivity index (χ4n) is 4.66. The van der Waals surface area contributed by atoms with Gasteiger partial charge in [0.1, 0.15) is 31.5 Å². The van der Waals surface area contributed by atoms with Crippen molar-refractivity contribution in [3.63, 3.8) is 0 Å². The third-order valence-electron chi connectivity index (χ3n) is 6.12. The lowest BCUT2D eigenvalue weighted by Gasteiger charge is -2.48. The standard InChI is InChI=1S/C27H38O18/c1-11(28)36-9-18-20(38-13(3)30)22(39-14(4)31)25(42-17(7)34)27(44-18)45-21-19(10-37-12(2)29)43-26(35-8)24(41-16(6)33)23(21)40-15(5)32/h18-27H,9-10H2,1-8H3/t18-,19-,20-,21-,22+,23+,24-,25-,26-,27+/m1/s1. The van der Waals surface area contributed by atoms with Crippen LogP contribution in [0, 0.1) is 0 Å². The molecule has 2 saturated heterocycles. The molecule has 18 nitrogen and oxygen atoms in total. The number of methoxy groups -OCH3 is 1. The maximum atomic E-state index is 12.2. The Kier molecular flexibility index (Phi) is 14.1. The van der Waals surface area contributed by atoms with Crippen molar-refractivity contribution in [3.8, 4) is 0 Å². The lowest BCUT2D eigenvalue weighted by molar-refractivity contribution is -0.359. The molecule has 2 aliphatic heterocycles. The predicted octanol–water partition coefficient (Wildman–Crippen LogP) is -0.747. The average molecular weight is 651 g/mol. The highest BCUT2D eigenvalue weighted by Gasteiger charge is 2.57. The minimum atomic E-state index is -1.76. The zero-order valence-corrected chi connectivity index (χ0v) is 26.0.